The van der Waals surface area contributed by atoms with Gasteiger partial charge in [-0.15, -0.1) is 0 Å². The Bertz CT molecular complexity index is 447. The molecule has 0 amide bonds. The van der Waals surface area contributed by atoms with Crippen molar-refractivity contribution in [2.24, 2.45) is 0 Å². The van der Waals surface area contributed by atoms with Crippen molar-refractivity contribution in [2.75, 3.05) is 0 Å². The Hall–Kier alpha value is -0.890. The number of nitrogens with zero attached hydrogens (tertiary/aromatic N) is 1. The number of ketones is 1. The third-order valence-corrected chi connectivity index (χ3v) is 4.71. The van der Waals surface area contributed by atoms with Crippen molar-refractivity contribution < 1.29 is 21.8 Å². The zero-order valence-electron chi connectivity index (χ0n) is 16.4. The summed E-state index contributed by atoms with van der Waals surface area (Å²) in [6.07, 6.45) is 20.5. The van der Waals surface area contributed by atoms with E-state index in [9.17, 15) is 4.79 Å². The molecular weight excluding hydrogens is 330 g/mol. The SMILES string of the molecule is CCCCCCCCCCCC[n+]1cccc(C(=O)CCCC)c1.[Cl-]. The highest BCUT2D eigenvalue weighted by Gasteiger charge is 2.09. The number of hydrogen-bond donors (Lipinski definition) is 0. The number of hydrogen-bond acceptors (Lipinski definition) is 1. The van der Waals surface area contributed by atoms with E-state index in [0.29, 0.717) is 6.42 Å². The summed E-state index contributed by atoms with van der Waals surface area (Å²) in [5.74, 6) is 0.286. The Morgan fingerprint density at radius 2 is 1.40 bits per heavy atom. The van der Waals surface area contributed by atoms with Crippen LogP contribution in [0.25, 0.3) is 0 Å². The molecule has 1 heterocycles. The molecule has 0 fully saturated rings. The third kappa shape index (κ3) is 12.2. The second kappa shape index (κ2) is 16.6. The van der Waals surface area contributed by atoms with Gasteiger partial charge in [-0.05, 0) is 18.9 Å². The number of aryl methyl sites for hydroxylation is 1. The molecule has 1 aromatic heterocycles. The van der Waals surface area contributed by atoms with Gasteiger partial charge in [-0.3, -0.25) is 4.79 Å². The van der Waals surface area contributed by atoms with Crippen molar-refractivity contribution in [1.29, 1.82) is 0 Å². The van der Waals surface area contributed by atoms with Gasteiger partial charge in [0.25, 0.3) is 0 Å². The number of aromatic nitrogens is 1. The van der Waals surface area contributed by atoms with Crippen LogP contribution in [0.5, 0.6) is 0 Å². The molecule has 144 valence electrons. The van der Waals surface area contributed by atoms with Crippen LogP contribution in [0.3, 0.4) is 0 Å². The molecule has 0 N–H and O–H groups in total. The summed E-state index contributed by atoms with van der Waals surface area (Å²) in [6, 6.07) is 3.96. The van der Waals surface area contributed by atoms with E-state index in [1.807, 2.05) is 18.3 Å². The van der Waals surface area contributed by atoms with Gasteiger partial charge in [-0.25, -0.2) is 4.57 Å². The van der Waals surface area contributed by atoms with Crippen LogP contribution in [0.4, 0.5) is 0 Å². The Balaban J connectivity index is 0.00000576. The molecule has 0 aliphatic heterocycles. The first-order valence-electron chi connectivity index (χ1n) is 10.3. The highest BCUT2D eigenvalue weighted by molar-refractivity contribution is 5.95. The van der Waals surface area contributed by atoms with Crippen molar-refractivity contribution in [2.45, 2.75) is 104 Å². The number of Topliss-reactive ketones (excluding diaryl/α,β-unsaturated/α-hetero) is 1. The van der Waals surface area contributed by atoms with E-state index < -0.39 is 0 Å². The second-order valence-electron chi connectivity index (χ2n) is 7.04. The van der Waals surface area contributed by atoms with Crippen LogP contribution in [-0.4, -0.2) is 5.78 Å². The van der Waals surface area contributed by atoms with E-state index in [4.69, 9.17) is 0 Å². The summed E-state index contributed by atoms with van der Waals surface area (Å²) in [6.45, 7) is 5.43. The fourth-order valence-electron chi connectivity index (χ4n) is 3.09. The van der Waals surface area contributed by atoms with Gasteiger partial charge in [0.05, 0.1) is 5.56 Å². The van der Waals surface area contributed by atoms with Crippen LogP contribution in [-0.2, 0) is 6.54 Å². The van der Waals surface area contributed by atoms with E-state index in [1.54, 1.807) is 0 Å². The molecule has 0 aliphatic rings. The first-order chi connectivity index (χ1) is 11.8. The van der Waals surface area contributed by atoms with Crippen molar-refractivity contribution in [3.05, 3.63) is 30.1 Å². The number of unbranched alkanes of at least 4 members (excludes halogenated alkanes) is 10. The first kappa shape index (κ1) is 24.1. The zero-order valence-corrected chi connectivity index (χ0v) is 17.2. The van der Waals surface area contributed by atoms with Crippen LogP contribution in [0, 0.1) is 0 Å². The molecule has 0 aliphatic carbocycles. The number of carbonyl (C=O) groups is 1. The smallest absolute Gasteiger partial charge is 0.179 e. The maximum absolute atomic E-state index is 12.1. The van der Waals surface area contributed by atoms with Crippen molar-refractivity contribution >= 4 is 5.78 Å². The third-order valence-electron chi connectivity index (χ3n) is 4.71. The van der Waals surface area contributed by atoms with E-state index >= 15 is 0 Å². The number of halogens is 1. The lowest BCUT2D eigenvalue weighted by molar-refractivity contribution is -0.697. The molecule has 1 aromatic rings. The number of pyridine rings is 1. The summed E-state index contributed by atoms with van der Waals surface area (Å²) >= 11 is 0. The van der Waals surface area contributed by atoms with Gasteiger partial charge >= 0.3 is 0 Å². The van der Waals surface area contributed by atoms with Crippen LogP contribution < -0.4 is 17.0 Å². The second-order valence-corrected chi connectivity index (χ2v) is 7.04. The van der Waals surface area contributed by atoms with Crippen LogP contribution in [0.2, 0.25) is 0 Å². The van der Waals surface area contributed by atoms with Crippen molar-refractivity contribution in [3.8, 4) is 0 Å². The monoisotopic (exact) mass is 367 g/mol. The highest BCUT2D eigenvalue weighted by Crippen LogP contribution is 2.10. The predicted octanol–water partition coefficient (Wildman–Crippen LogP) is 3.27. The Morgan fingerprint density at radius 3 is 2.00 bits per heavy atom. The summed E-state index contributed by atoms with van der Waals surface area (Å²) in [5, 5.41) is 0. The molecule has 25 heavy (non-hydrogen) atoms. The van der Waals surface area contributed by atoms with Crippen LogP contribution in [0.15, 0.2) is 24.5 Å². The summed E-state index contributed by atoms with van der Waals surface area (Å²) in [4.78, 5) is 12.1. The van der Waals surface area contributed by atoms with Gasteiger partial charge in [0.15, 0.2) is 18.2 Å². The molecule has 0 unspecified atom stereocenters. The molecule has 0 spiro atoms. The largest absolute Gasteiger partial charge is 1.00 e. The molecule has 0 atom stereocenters. The average Bonchev–Trinajstić information content (AvgIpc) is 2.61. The Morgan fingerprint density at radius 1 is 0.840 bits per heavy atom. The maximum Gasteiger partial charge on any atom is 0.179 e. The molecule has 0 saturated carbocycles. The van der Waals surface area contributed by atoms with Crippen LogP contribution in [0.1, 0.15) is 108 Å². The fourth-order valence-corrected chi connectivity index (χ4v) is 3.09. The quantitative estimate of drug-likeness (QED) is 0.265. The van der Waals surface area contributed by atoms with Gasteiger partial charge < -0.3 is 12.4 Å². The molecule has 0 saturated heterocycles. The average molecular weight is 368 g/mol. The van der Waals surface area contributed by atoms with E-state index in [1.165, 1.54) is 64.2 Å². The first-order valence-corrected chi connectivity index (χ1v) is 10.3. The van der Waals surface area contributed by atoms with Gasteiger partial charge in [0.2, 0.25) is 0 Å². The minimum atomic E-state index is 0. The summed E-state index contributed by atoms with van der Waals surface area (Å²) < 4.78 is 2.18. The topological polar surface area (TPSA) is 20.9 Å². The van der Waals surface area contributed by atoms with Gasteiger partial charge in [0.1, 0.15) is 6.54 Å². The Kier molecular flexibility index (Phi) is 16.0. The van der Waals surface area contributed by atoms with Gasteiger partial charge in [-0.2, -0.15) is 0 Å². The lowest BCUT2D eigenvalue weighted by Crippen LogP contribution is -3.00. The molecule has 1 rings (SSSR count). The maximum atomic E-state index is 12.1. The van der Waals surface area contributed by atoms with E-state index in [-0.39, 0.29) is 18.2 Å². The van der Waals surface area contributed by atoms with Gasteiger partial charge in [0, 0.05) is 18.9 Å². The van der Waals surface area contributed by atoms with Crippen molar-refractivity contribution in [3.63, 3.8) is 0 Å². The standard InChI is InChI=1S/C22H38NO.ClH/c1-3-5-7-8-9-10-11-12-13-14-18-23-19-15-16-21(20-23)22(24)17-6-4-2;/h15-16,19-20H,3-14,17-18H2,1-2H3;1H/q+1;/p-1. The molecule has 3 heteroatoms. The van der Waals surface area contributed by atoms with E-state index in [2.05, 4.69) is 24.6 Å². The summed E-state index contributed by atoms with van der Waals surface area (Å²) in [5.41, 5.74) is 0.873. The summed E-state index contributed by atoms with van der Waals surface area (Å²) in [7, 11) is 0. The Labute approximate surface area is 161 Å². The van der Waals surface area contributed by atoms with Crippen molar-refractivity contribution in [1.82, 2.24) is 0 Å². The predicted molar refractivity (Wildman–Crippen MR) is 102 cm³/mol. The minimum absolute atomic E-state index is 0. The molecular formula is C22H38ClNO. The molecule has 2 nitrogen and oxygen atoms in total. The highest BCUT2D eigenvalue weighted by atomic mass is 35.5. The fraction of sp³-hybridized carbons (Fsp3) is 0.727. The molecule has 0 bridgehead atoms. The van der Waals surface area contributed by atoms with E-state index in [0.717, 1.165) is 24.9 Å². The zero-order chi connectivity index (χ0) is 17.5. The molecule has 0 aromatic carbocycles. The van der Waals surface area contributed by atoms with Gasteiger partial charge in [-0.1, -0.05) is 71.6 Å². The molecule has 0 radical (unpaired) electrons. The minimum Gasteiger partial charge on any atom is -1.00 e. The normalized spacial score (nSPS) is 10.5. The number of rotatable bonds is 15. The van der Waals surface area contributed by atoms with Crippen LogP contribution >= 0.6 is 0 Å². The lowest BCUT2D eigenvalue weighted by Gasteiger charge is -2.02. The lowest BCUT2D eigenvalue weighted by atomic mass is 10.1. The number of carbonyl (C=O) groups excluding carboxylic acids is 1.